The maximum absolute atomic E-state index is 11.5. The van der Waals surface area contributed by atoms with Crippen LogP contribution in [0.15, 0.2) is 66.0 Å². The number of carbonyl (C=O) groups excluding carboxylic acids is 1. The van der Waals surface area contributed by atoms with Gasteiger partial charge in [-0.1, -0.05) is 23.9 Å². The minimum absolute atomic E-state index is 0.334. The first kappa shape index (κ1) is 17.9. The Bertz CT molecular complexity index is 880. The quantitative estimate of drug-likeness (QED) is 0.370. The molecule has 0 spiro atoms. The fraction of sp³-hybridized carbons (Fsp3) is 0.150. The number of aromatic nitrogens is 2. The Morgan fingerprint density at radius 1 is 1.00 bits per heavy atom. The first-order valence-corrected chi connectivity index (χ1v) is 8.95. The van der Waals surface area contributed by atoms with E-state index in [0.717, 1.165) is 22.6 Å². The molecule has 3 rings (SSSR count). The Morgan fingerprint density at radius 2 is 1.73 bits per heavy atom. The number of benzene rings is 2. The van der Waals surface area contributed by atoms with Gasteiger partial charge in [-0.2, -0.15) is 0 Å². The normalized spacial score (nSPS) is 10.4. The Balaban J connectivity index is 1.67. The van der Waals surface area contributed by atoms with Crippen molar-refractivity contribution in [2.24, 2.45) is 0 Å². The number of rotatable bonds is 6. The zero-order valence-electron chi connectivity index (χ0n) is 14.5. The van der Waals surface area contributed by atoms with Gasteiger partial charge in [0.15, 0.2) is 5.16 Å². The van der Waals surface area contributed by atoms with Crippen LogP contribution in [0.1, 0.15) is 15.9 Å². The summed E-state index contributed by atoms with van der Waals surface area (Å²) in [6.45, 7) is 0. The number of thioether (sulfide) groups is 1. The van der Waals surface area contributed by atoms with Crippen molar-refractivity contribution < 1.29 is 14.3 Å². The highest BCUT2D eigenvalue weighted by atomic mass is 32.2. The molecule has 1 heterocycles. The average Bonchev–Trinajstić information content (AvgIpc) is 2.72. The molecule has 0 aliphatic rings. The largest absolute Gasteiger partial charge is 0.497 e. The molecule has 2 aromatic carbocycles. The predicted molar refractivity (Wildman–Crippen MR) is 101 cm³/mol. The summed E-state index contributed by atoms with van der Waals surface area (Å²) in [6.07, 6.45) is 1.76. The van der Waals surface area contributed by atoms with E-state index >= 15 is 0 Å². The maximum atomic E-state index is 11.5. The molecule has 0 aliphatic carbocycles. The first-order chi connectivity index (χ1) is 12.7. The molecule has 132 valence electrons. The third kappa shape index (κ3) is 4.40. The second kappa shape index (κ2) is 8.49. The third-order valence-electron chi connectivity index (χ3n) is 3.76. The van der Waals surface area contributed by atoms with Gasteiger partial charge in [0.25, 0.3) is 0 Å². The van der Waals surface area contributed by atoms with Gasteiger partial charge in [-0.25, -0.2) is 14.8 Å². The number of carbonyl (C=O) groups is 1. The zero-order chi connectivity index (χ0) is 18.4. The molecule has 0 aliphatic heterocycles. The van der Waals surface area contributed by atoms with Crippen LogP contribution in [-0.2, 0) is 10.5 Å². The van der Waals surface area contributed by atoms with Crippen LogP contribution in [0.2, 0.25) is 0 Å². The van der Waals surface area contributed by atoms with E-state index in [1.54, 1.807) is 37.2 Å². The summed E-state index contributed by atoms with van der Waals surface area (Å²) in [7, 11) is 3.02. The molecule has 0 saturated heterocycles. The summed E-state index contributed by atoms with van der Waals surface area (Å²) in [5.74, 6) is 1.19. The van der Waals surface area contributed by atoms with E-state index in [1.165, 1.54) is 7.11 Å². The summed E-state index contributed by atoms with van der Waals surface area (Å²) < 4.78 is 9.88. The predicted octanol–water partition coefficient (Wildman–Crippen LogP) is 4.23. The Morgan fingerprint density at radius 3 is 2.38 bits per heavy atom. The molecule has 0 N–H and O–H groups in total. The lowest BCUT2D eigenvalue weighted by Crippen LogP contribution is -2.00. The van der Waals surface area contributed by atoms with Crippen molar-refractivity contribution in [1.29, 1.82) is 0 Å². The van der Waals surface area contributed by atoms with E-state index in [4.69, 9.17) is 9.47 Å². The second-order valence-electron chi connectivity index (χ2n) is 5.43. The molecule has 26 heavy (non-hydrogen) atoms. The summed E-state index contributed by atoms with van der Waals surface area (Å²) in [4.78, 5) is 20.4. The van der Waals surface area contributed by atoms with Crippen molar-refractivity contribution in [2.75, 3.05) is 14.2 Å². The van der Waals surface area contributed by atoms with Crippen LogP contribution in [0.25, 0.3) is 11.3 Å². The third-order valence-corrected chi connectivity index (χ3v) is 4.69. The number of methoxy groups -OCH3 is 2. The molecule has 3 aromatic rings. The van der Waals surface area contributed by atoms with Crippen molar-refractivity contribution in [3.05, 3.63) is 71.9 Å². The number of ether oxygens (including phenoxy) is 2. The van der Waals surface area contributed by atoms with Crippen LogP contribution < -0.4 is 4.74 Å². The van der Waals surface area contributed by atoms with Crippen molar-refractivity contribution in [1.82, 2.24) is 9.97 Å². The number of nitrogens with zero attached hydrogens (tertiary/aromatic N) is 2. The summed E-state index contributed by atoms with van der Waals surface area (Å²) >= 11 is 1.55. The summed E-state index contributed by atoms with van der Waals surface area (Å²) in [5.41, 5.74) is 3.50. The molecular weight excluding hydrogens is 348 g/mol. The monoisotopic (exact) mass is 366 g/mol. The molecule has 0 atom stereocenters. The van der Waals surface area contributed by atoms with Crippen LogP contribution in [0.4, 0.5) is 0 Å². The lowest BCUT2D eigenvalue weighted by molar-refractivity contribution is 0.0600. The smallest absolute Gasteiger partial charge is 0.337 e. The van der Waals surface area contributed by atoms with Crippen molar-refractivity contribution in [3.8, 4) is 17.0 Å². The van der Waals surface area contributed by atoms with Gasteiger partial charge in [0.2, 0.25) is 0 Å². The molecule has 0 unspecified atom stereocenters. The van der Waals surface area contributed by atoms with E-state index in [0.29, 0.717) is 16.5 Å². The van der Waals surface area contributed by atoms with Gasteiger partial charge < -0.3 is 9.47 Å². The highest BCUT2D eigenvalue weighted by Gasteiger charge is 2.06. The zero-order valence-corrected chi connectivity index (χ0v) is 15.3. The van der Waals surface area contributed by atoms with E-state index in [2.05, 4.69) is 9.97 Å². The molecular formula is C20H18N2O3S. The van der Waals surface area contributed by atoms with E-state index < -0.39 is 0 Å². The van der Waals surface area contributed by atoms with Crippen molar-refractivity contribution in [3.63, 3.8) is 0 Å². The van der Waals surface area contributed by atoms with Crippen LogP contribution in [0.5, 0.6) is 5.75 Å². The van der Waals surface area contributed by atoms with Crippen LogP contribution in [-0.4, -0.2) is 30.2 Å². The molecule has 5 nitrogen and oxygen atoms in total. The van der Waals surface area contributed by atoms with Crippen molar-refractivity contribution >= 4 is 17.7 Å². The summed E-state index contributed by atoms with van der Waals surface area (Å²) in [5, 5.41) is 0.704. The van der Waals surface area contributed by atoms with Crippen LogP contribution in [0.3, 0.4) is 0 Å². The lowest BCUT2D eigenvalue weighted by Gasteiger charge is -2.06. The number of esters is 1. The standard InChI is InChI=1S/C20H18N2O3S/c1-24-17-9-7-15(8-10-17)18-11-12-21-20(22-18)26-13-14-3-5-16(6-4-14)19(23)25-2/h3-12H,13H2,1-2H3. The highest BCUT2D eigenvalue weighted by molar-refractivity contribution is 7.98. The Kier molecular flexibility index (Phi) is 5.86. The molecule has 0 amide bonds. The van der Waals surface area contributed by atoms with Crippen LogP contribution in [0, 0.1) is 0 Å². The van der Waals surface area contributed by atoms with Gasteiger partial charge in [0.05, 0.1) is 25.5 Å². The van der Waals surface area contributed by atoms with E-state index in [-0.39, 0.29) is 5.97 Å². The Labute approximate surface area is 156 Å². The molecule has 1 aromatic heterocycles. The van der Waals surface area contributed by atoms with Crippen molar-refractivity contribution in [2.45, 2.75) is 10.9 Å². The van der Waals surface area contributed by atoms with Gasteiger partial charge in [-0.05, 0) is 48.0 Å². The Hall–Kier alpha value is -2.86. The molecule has 0 radical (unpaired) electrons. The minimum atomic E-state index is -0.334. The average molecular weight is 366 g/mol. The van der Waals surface area contributed by atoms with Gasteiger partial charge in [0, 0.05) is 17.5 Å². The number of hydrogen-bond donors (Lipinski definition) is 0. The lowest BCUT2D eigenvalue weighted by atomic mass is 10.1. The maximum Gasteiger partial charge on any atom is 0.337 e. The summed E-state index contributed by atoms with van der Waals surface area (Å²) in [6, 6.07) is 17.0. The topological polar surface area (TPSA) is 61.3 Å². The SMILES string of the molecule is COC(=O)c1ccc(CSc2nccc(-c3ccc(OC)cc3)n2)cc1. The second-order valence-corrected chi connectivity index (χ2v) is 6.37. The van der Waals surface area contributed by atoms with Gasteiger partial charge in [0.1, 0.15) is 5.75 Å². The molecule has 6 heteroatoms. The minimum Gasteiger partial charge on any atom is -0.497 e. The van der Waals surface area contributed by atoms with Gasteiger partial charge in [-0.15, -0.1) is 0 Å². The fourth-order valence-corrected chi connectivity index (χ4v) is 3.12. The van der Waals surface area contributed by atoms with E-state index in [9.17, 15) is 4.79 Å². The van der Waals surface area contributed by atoms with Gasteiger partial charge >= 0.3 is 5.97 Å². The van der Waals surface area contributed by atoms with E-state index in [1.807, 2.05) is 42.5 Å². The molecule has 0 saturated carbocycles. The molecule has 0 fully saturated rings. The number of hydrogen-bond acceptors (Lipinski definition) is 6. The van der Waals surface area contributed by atoms with Gasteiger partial charge in [-0.3, -0.25) is 0 Å². The highest BCUT2D eigenvalue weighted by Crippen LogP contribution is 2.24. The fourth-order valence-electron chi connectivity index (χ4n) is 2.34. The molecule has 0 bridgehead atoms. The van der Waals surface area contributed by atoms with Crippen LogP contribution >= 0.6 is 11.8 Å². The first-order valence-electron chi connectivity index (χ1n) is 7.97.